The van der Waals surface area contributed by atoms with Gasteiger partial charge in [-0.1, -0.05) is 38.5 Å². The minimum absolute atomic E-state index is 0.0804. The molecule has 0 aliphatic heterocycles. The topological polar surface area (TPSA) is 66.4 Å². The third-order valence-electron chi connectivity index (χ3n) is 2.91. The van der Waals surface area contributed by atoms with Gasteiger partial charge in [-0.05, 0) is 18.1 Å². The molecule has 104 valence electrons. The molecule has 2 unspecified atom stereocenters. The lowest BCUT2D eigenvalue weighted by atomic mass is 9.99. The monoisotopic (exact) mass is 281 g/mol. The molecule has 5 heteroatoms. The van der Waals surface area contributed by atoms with E-state index in [1.54, 1.807) is 0 Å². The second kappa shape index (κ2) is 7.84. The molecule has 2 N–H and O–H groups in total. The highest BCUT2D eigenvalue weighted by atomic mass is 32.2. The summed E-state index contributed by atoms with van der Waals surface area (Å²) in [4.78, 5) is 23.8. The summed E-state index contributed by atoms with van der Waals surface area (Å²) >= 11 is 1.40. The Kier molecular flexibility index (Phi) is 6.42. The average Bonchev–Trinajstić information content (AvgIpc) is 2.42. The Morgan fingerprint density at radius 1 is 1.32 bits per heavy atom. The summed E-state index contributed by atoms with van der Waals surface area (Å²) in [5.41, 5.74) is 0. The van der Waals surface area contributed by atoms with E-state index in [1.807, 2.05) is 44.2 Å². The molecule has 0 radical (unpaired) electrons. The van der Waals surface area contributed by atoms with Gasteiger partial charge in [0.25, 0.3) is 0 Å². The molecule has 0 saturated carbocycles. The van der Waals surface area contributed by atoms with Crippen molar-refractivity contribution in [1.82, 2.24) is 5.32 Å². The average molecular weight is 281 g/mol. The Bertz CT molecular complexity index is 422. The molecule has 19 heavy (non-hydrogen) atoms. The minimum Gasteiger partial charge on any atom is -0.480 e. The lowest BCUT2D eigenvalue weighted by Crippen LogP contribution is -2.45. The Hall–Kier alpha value is -1.49. The quantitative estimate of drug-likeness (QED) is 0.753. The largest absolute Gasteiger partial charge is 0.480 e. The van der Waals surface area contributed by atoms with Crippen LogP contribution in [0.4, 0.5) is 0 Å². The number of hydrogen-bond acceptors (Lipinski definition) is 3. The summed E-state index contributed by atoms with van der Waals surface area (Å²) in [6, 6.07) is 8.74. The molecule has 1 rings (SSSR count). The van der Waals surface area contributed by atoms with E-state index in [-0.39, 0.29) is 17.6 Å². The van der Waals surface area contributed by atoms with Crippen LogP contribution < -0.4 is 5.32 Å². The predicted octanol–water partition coefficient (Wildman–Crippen LogP) is 2.39. The SMILES string of the molecule is CCC(C)C(NC(=O)CSc1ccccc1)C(=O)O. The van der Waals surface area contributed by atoms with Crippen molar-refractivity contribution in [3.05, 3.63) is 30.3 Å². The zero-order valence-electron chi connectivity index (χ0n) is 11.1. The molecule has 2 atom stereocenters. The van der Waals surface area contributed by atoms with Gasteiger partial charge in [-0.25, -0.2) is 4.79 Å². The zero-order valence-corrected chi connectivity index (χ0v) is 11.9. The van der Waals surface area contributed by atoms with Crippen molar-refractivity contribution in [2.75, 3.05) is 5.75 Å². The summed E-state index contributed by atoms with van der Waals surface area (Å²) in [7, 11) is 0. The number of rotatable bonds is 7. The molecule has 1 amide bonds. The molecule has 0 aliphatic rings. The van der Waals surface area contributed by atoms with Crippen LogP contribution in [-0.4, -0.2) is 28.8 Å². The molecular weight excluding hydrogens is 262 g/mol. The normalized spacial score (nSPS) is 13.6. The number of carboxylic acid groups (broad SMARTS) is 1. The van der Waals surface area contributed by atoms with Crippen LogP contribution in [-0.2, 0) is 9.59 Å². The van der Waals surface area contributed by atoms with E-state index in [0.29, 0.717) is 6.42 Å². The van der Waals surface area contributed by atoms with Crippen LogP contribution in [0.3, 0.4) is 0 Å². The fourth-order valence-corrected chi connectivity index (χ4v) is 2.29. The molecular formula is C14H19NO3S. The number of amides is 1. The van der Waals surface area contributed by atoms with E-state index in [2.05, 4.69) is 5.32 Å². The maximum atomic E-state index is 11.8. The summed E-state index contributed by atoms with van der Waals surface area (Å²) in [6.07, 6.45) is 0.711. The Labute approximate surface area is 117 Å². The standard InChI is InChI=1S/C14H19NO3S/c1-3-10(2)13(14(17)18)15-12(16)9-19-11-7-5-4-6-8-11/h4-8,10,13H,3,9H2,1-2H3,(H,15,16)(H,17,18). The van der Waals surface area contributed by atoms with Crippen LogP contribution in [0.1, 0.15) is 20.3 Å². The second-order valence-corrected chi connectivity index (χ2v) is 5.42. The molecule has 0 aromatic heterocycles. The van der Waals surface area contributed by atoms with E-state index in [4.69, 9.17) is 5.11 Å². The van der Waals surface area contributed by atoms with Gasteiger partial charge >= 0.3 is 5.97 Å². The van der Waals surface area contributed by atoms with Crippen LogP contribution >= 0.6 is 11.8 Å². The van der Waals surface area contributed by atoms with Crippen molar-refractivity contribution < 1.29 is 14.7 Å². The minimum atomic E-state index is -0.979. The Morgan fingerprint density at radius 2 is 1.95 bits per heavy atom. The van der Waals surface area contributed by atoms with Gasteiger partial charge in [-0.3, -0.25) is 4.79 Å². The van der Waals surface area contributed by atoms with Gasteiger partial charge in [0, 0.05) is 4.90 Å². The highest BCUT2D eigenvalue weighted by Gasteiger charge is 2.24. The lowest BCUT2D eigenvalue weighted by Gasteiger charge is -2.19. The molecule has 0 saturated heterocycles. The first-order valence-electron chi connectivity index (χ1n) is 6.24. The number of carboxylic acids is 1. The van der Waals surface area contributed by atoms with E-state index < -0.39 is 12.0 Å². The van der Waals surface area contributed by atoms with Crippen molar-refractivity contribution in [3.63, 3.8) is 0 Å². The molecule has 0 aliphatic carbocycles. The van der Waals surface area contributed by atoms with Crippen molar-refractivity contribution in [2.24, 2.45) is 5.92 Å². The summed E-state index contributed by atoms with van der Waals surface area (Å²) in [6.45, 7) is 3.73. The molecule has 1 aromatic rings. The third-order valence-corrected chi connectivity index (χ3v) is 3.92. The number of thioether (sulfide) groups is 1. The van der Waals surface area contributed by atoms with Gasteiger partial charge in [0.1, 0.15) is 6.04 Å². The number of hydrogen-bond donors (Lipinski definition) is 2. The molecule has 0 heterocycles. The second-order valence-electron chi connectivity index (χ2n) is 4.37. The molecule has 0 bridgehead atoms. The molecule has 1 aromatic carbocycles. The van der Waals surface area contributed by atoms with Crippen LogP contribution in [0.2, 0.25) is 0 Å². The van der Waals surface area contributed by atoms with Gasteiger partial charge < -0.3 is 10.4 Å². The number of nitrogens with one attached hydrogen (secondary N) is 1. The fraction of sp³-hybridized carbons (Fsp3) is 0.429. The lowest BCUT2D eigenvalue weighted by molar-refractivity contribution is -0.143. The molecule has 0 spiro atoms. The number of aliphatic carboxylic acids is 1. The van der Waals surface area contributed by atoms with Crippen LogP contribution in [0.5, 0.6) is 0 Å². The Morgan fingerprint density at radius 3 is 2.47 bits per heavy atom. The first-order chi connectivity index (χ1) is 9.04. The fourth-order valence-electron chi connectivity index (χ4n) is 1.56. The maximum absolute atomic E-state index is 11.8. The first kappa shape index (κ1) is 15.6. The van der Waals surface area contributed by atoms with Gasteiger partial charge in [0.05, 0.1) is 5.75 Å². The molecule has 4 nitrogen and oxygen atoms in total. The molecule has 0 fully saturated rings. The van der Waals surface area contributed by atoms with E-state index >= 15 is 0 Å². The smallest absolute Gasteiger partial charge is 0.326 e. The number of carbonyl (C=O) groups excluding carboxylic acids is 1. The van der Waals surface area contributed by atoms with E-state index in [0.717, 1.165) is 4.90 Å². The number of benzene rings is 1. The summed E-state index contributed by atoms with van der Waals surface area (Å²) in [5, 5.41) is 11.7. The summed E-state index contributed by atoms with van der Waals surface area (Å²) < 4.78 is 0. The summed E-state index contributed by atoms with van der Waals surface area (Å²) in [5.74, 6) is -1.08. The van der Waals surface area contributed by atoms with Crippen molar-refractivity contribution in [3.8, 4) is 0 Å². The van der Waals surface area contributed by atoms with E-state index in [9.17, 15) is 9.59 Å². The van der Waals surface area contributed by atoms with Crippen LogP contribution in [0, 0.1) is 5.92 Å². The van der Waals surface area contributed by atoms with Gasteiger partial charge in [0.15, 0.2) is 0 Å². The van der Waals surface area contributed by atoms with E-state index in [1.165, 1.54) is 11.8 Å². The highest BCUT2D eigenvalue weighted by molar-refractivity contribution is 8.00. The third kappa shape index (κ3) is 5.34. The zero-order chi connectivity index (χ0) is 14.3. The van der Waals surface area contributed by atoms with Crippen molar-refractivity contribution in [2.45, 2.75) is 31.2 Å². The van der Waals surface area contributed by atoms with Crippen LogP contribution in [0.25, 0.3) is 0 Å². The highest BCUT2D eigenvalue weighted by Crippen LogP contribution is 2.16. The van der Waals surface area contributed by atoms with Gasteiger partial charge in [-0.15, -0.1) is 11.8 Å². The first-order valence-corrected chi connectivity index (χ1v) is 7.23. The Balaban J connectivity index is 2.47. The van der Waals surface area contributed by atoms with Crippen molar-refractivity contribution in [1.29, 1.82) is 0 Å². The number of carbonyl (C=O) groups is 2. The maximum Gasteiger partial charge on any atom is 0.326 e. The van der Waals surface area contributed by atoms with Crippen molar-refractivity contribution >= 4 is 23.6 Å². The van der Waals surface area contributed by atoms with Gasteiger partial charge in [-0.2, -0.15) is 0 Å². The van der Waals surface area contributed by atoms with Gasteiger partial charge in [0.2, 0.25) is 5.91 Å². The van der Waals surface area contributed by atoms with Crippen LogP contribution in [0.15, 0.2) is 35.2 Å². The predicted molar refractivity (Wildman–Crippen MR) is 76.2 cm³/mol.